The first kappa shape index (κ1) is 14.4. The van der Waals surface area contributed by atoms with E-state index in [-0.39, 0.29) is 23.9 Å². The van der Waals surface area contributed by atoms with Crippen molar-refractivity contribution in [3.05, 3.63) is 34.9 Å². The topological polar surface area (TPSA) is 46.3 Å². The molecule has 0 unspecified atom stereocenters. The van der Waals surface area contributed by atoms with E-state index in [0.29, 0.717) is 5.02 Å². The molecular formula is C15H21ClN2O. The Morgan fingerprint density at radius 3 is 2.68 bits per heavy atom. The smallest absolute Gasteiger partial charge is 0.225 e. The van der Waals surface area contributed by atoms with Gasteiger partial charge in [-0.3, -0.25) is 4.79 Å². The first-order valence-electron chi connectivity index (χ1n) is 6.77. The molecule has 104 valence electrons. The number of carbonyl (C=O) groups is 1. The summed E-state index contributed by atoms with van der Waals surface area (Å²) in [6.07, 6.45) is 2.66. The van der Waals surface area contributed by atoms with Gasteiger partial charge in [0, 0.05) is 24.0 Å². The molecular weight excluding hydrogens is 260 g/mol. The predicted molar refractivity (Wildman–Crippen MR) is 78.0 cm³/mol. The summed E-state index contributed by atoms with van der Waals surface area (Å²) in [5.74, 6) is 0.255. The number of nitrogens with zero attached hydrogens (tertiary/aromatic N) is 1. The van der Waals surface area contributed by atoms with Crippen LogP contribution in [-0.2, 0) is 4.79 Å². The lowest BCUT2D eigenvalue weighted by Gasteiger charge is -2.28. The molecule has 0 aromatic heterocycles. The second-order valence-corrected chi connectivity index (χ2v) is 5.82. The minimum atomic E-state index is -0.0157. The molecule has 1 saturated carbocycles. The standard InChI is InChI=1S/C15H21ClN2O/c1-10(13-5-3-4-6-14(13)16)18(2)15(19)11-7-8-12(17)9-11/h3-6,10-12H,7-9,17H2,1-2H3/t10-,11+,12-/m1/s1. The summed E-state index contributed by atoms with van der Waals surface area (Å²) in [7, 11) is 1.85. The molecule has 1 aromatic carbocycles. The molecule has 4 heteroatoms. The molecule has 1 amide bonds. The second kappa shape index (κ2) is 5.93. The maximum Gasteiger partial charge on any atom is 0.225 e. The SMILES string of the molecule is C[C@H](c1ccccc1Cl)N(C)C(=O)[C@H]1CC[C@@H](N)C1. The summed E-state index contributed by atoms with van der Waals surface area (Å²) in [6.45, 7) is 2.01. The number of rotatable bonds is 3. The van der Waals surface area contributed by atoms with Gasteiger partial charge in [-0.05, 0) is 37.8 Å². The van der Waals surface area contributed by atoms with Crippen LogP contribution in [0.15, 0.2) is 24.3 Å². The quantitative estimate of drug-likeness (QED) is 0.925. The Balaban J connectivity index is 2.09. The molecule has 1 aliphatic carbocycles. The lowest BCUT2D eigenvalue weighted by Crippen LogP contribution is -2.34. The molecule has 0 aliphatic heterocycles. The van der Waals surface area contributed by atoms with Crippen LogP contribution in [0.3, 0.4) is 0 Å². The summed E-state index contributed by atoms with van der Waals surface area (Å²) in [5, 5.41) is 0.706. The van der Waals surface area contributed by atoms with Crippen molar-refractivity contribution in [3.8, 4) is 0 Å². The summed E-state index contributed by atoms with van der Waals surface area (Å²) in [6, 6.07) is 7.84. The highest BCUT2D eigenvalue weighted by Crippen LogP contribution is 2.31. The maximum atomic E-state index is 12.4. The Kier molecular flexibility index (Phi) is 4.48. The summed E-state index contributed by atoms with van der Waals surface area (Å²) >= 11 is 6.19. The van der Waals surface area contributed by atoms with Gasteiger partial charge in [-0.1, -0.05) is 29.8 Å². The van der Waals surface area contributed by atoms with Crippen LogP contribution in [0.2, 0.25) is 5.02 Å². The van der Waals surface area contributed by atoms with Crippen molar-refractivity contribution >= 4 is 17.5 Å². The highest BCUT2D eigenvalue weighted by molar-refractivity contribution is 6.31. The van der Waals surface area contributed by atoms with E-state index < -0.39 is 0 Å². The average Bonchev–Trinajstić information content (AvgIpc) is 2.83. The fraction of sp³-hybridized carbons (Fsp3) is 0.533. The van der Waals surface area contributed by atoms with Crippen molar-refractivity contribution in [1.82, 2.24) is 4.90 Å². The van der Waals surface area contributed by atoms with Crippen molar-refractivity contribution in [3.63, 3.8) is 0 Å². The molecule has 3 atom stereocenters. The normalized spacial score (nSPS) is 24.2. The highest BCUT2D eigenvalue weighted by atomic mass is 35.5. The average molecular weight is 281 g/mol. The van der Waals surface area contributed by atoms with Gasteiger partial charge >= 0.3 is 0 Å². The number of nitrogens with two attached hydrogens (primary N) is 1. The van der Waals surface area contributed by atoms with Gasteiger partial charge in [0.1, 0.15) is 0 Å². The van der Waals surface area contributed by atoms with E-state index in [1.165, 1.54) is 0 Å². The molecule has 0 saturated heterocycles. The molecule has 2 rings (SSSR count). The van der Waals surface area contributed by atoms with E-state index in [4.69, 9.17) is 17.3 Å². The third kappa shape index (κ3) is 3.10. The van der Waals surface area contributed by atoms with Crippen LogP contribution in [0.5, 0.6) is 0 Å². The Morgan fingerprint density at radius 1 is 1.42 bits per heavy atom. The molecule has 1 fully saturated rings. The largest absolute Gasteiger partial charge is 0.339 e. The van der Waals surface area contributed by atoms with Gasteiger partial charge in [-0.15, -0.1) is 0 Å². The van der Waals surface area contributed by atoms with Crippen LogP contribution in [0.25, 0.3) is 0 Å². The van der Waals surface area contributed by atoms with Crippen molar-refractivity contribution < 1.29 is 4.79 Å². The van der Waals surface area contributed by atoms with Crippen molar-refractivity contribution in [1.29, 1.82) is 0 Å². The molecule has 1 aliphatic rings. The molecule has 3 nitrogen and oxygen atoms in total. The van der Waals surface area contributed by atoms with E-state index in [9.17, 15) is 4.79 Å². The van der Waals surface area contributed by atoms with Gasteiger partial charge in [0.25, 0.3) is 0 Å². The second-order valence-electron chi connectivity index (χ2n) is 5.42. The van der Waals surface area contributed by atoms with E-state index in [0.717, 1.165) is 24.8 Å². The molecule has 0 heterocycles. The predicted octanol–water partition coefficient (Wildman–Crippen LogP) is 2.99. The Bertz CT molecular complexity index is 463. The van der Waals surface area contributed by atoms with Crippen molar-refractivity contribution in [2.75, 3.05) is 7.05 Å². The zero-order chi connectivity index (χ0) is 14.0. The monoisotopic (exact) mass is 280 g/mol. The van der Waals surface area contributed by atoms with Crippen LogP contribution in [0.1, 0.15) is 37.8 Å². The fourth-order valence-electron chi connectivity index (χ4n) is 2.74. The molecule has 2 N–H and O–H groups in total. The third-order valence-electron chi connectivity index (χ3n) is 4.11. The number of carbonyl (C=O) groups excluding carboxylic acids is 1. The number of amides is 1. The van der Waals surface area contributed by atoms with Gasteiger partial charge in [0.15, 0.2) is 0 Å². The van der Waals surface area contributed by atoms with Crippen LogP contribution >= 0.6 is 11.6 Å². The van der Waals surface area contributed by atoms with Crippen LogP contribution < -0.4 is 5.73 Å². The zero-order valence-electron chi connectivity index (χ0n) is 11.5. The summed E-state index contributed by atoms with van der Waals surface area (Å²) in [4.78, 5) is 14.2. The van der Waals surface area contributed by atoms with E-state index in [1.807, 2.05) is 38.2 Å². The highest BCUT2D eigenvalue weighted by Gasteiger charge is 2.31. The minimum Gasteiger partial charge on any atom is -0.339 e. The van der Waals surface area contributed by atoms with E-state index >= 15 is 0 Å². The number of halogens is 1. The number of hydrogen-bond donors (Lipinski definition) is 1. The lowest BCUT2D eigenvalue weighted by atomic mass is 10.0. The van der Waals surface area contributed by atoms with Gasteiger partial charge in [0.05, 0.1) is 6.04 Å². The minimum absolute atomic E-state index is 0.0157. The number of benzene rings is 1. The molecule has 19 heavy (non-hydrogen) atoms. The van der Waals surface area contributed by atoms with E-state index in [2.05, 4.69) is 0 Å². The molecule has 1 aromatic rings. The molecule has 0 spiro atoms. The van der Waals surface area contributed by atoms with Crippen molar-refractivity contribution in [2.45, 2.75) is 38.3 Å². The maximum absolute atomic E-state index is 12.4. The first-order chi connectivity index (χ1) is 9.00. The van der Waals surface area contributed by atoms with Gasteiger partial charge < -0.3 is 10.6 Å². The van der Waals surface area contributed by atoms with Crippen LogP contribution in [0.4, 0.5) is 0 Å². The Hall–Kier alpha value is -1.06. The third-order valence-corrected chi connectivity index (χ3v) is 4.45. The summed E-state index contributed by atoms with van der Waals surface area (Å²) in [5.41, 5.74) is 6.87. The molecule has 0 radical (unpaired) electrons. The fourth-order valence-corrected chi connectivity index (χ4v) is 3.04. The van der Waals surface area contributed by atoms with Gasteiger partial charge in [-0.25, -0.2) is 0 Å². The van der Waals surface area contributed by atoms with Crippen LogP contribution in [0, 0.1) is 5.92 Å². The van der Waals surface area contributed by atoms with Crippen molar-refractivity contribution in [2.24, 2.45) is 11.7 Å². The van der Waals surface area contributed by atoms with E-state index in [1.54, 1.807) is 4.90 Å². The first-order valence-corrected chi connectivity index (χ1v) is 7.15. The summed E-state index contributed by atoms with van der Waals surface area (Å²) < 4.78 is 0. The van der Waals surface area contributed by atoms with Gasteiger partial charge in [0.2, 0.25) is 5.91 Å². The zero-order valence-corrected chi connectivity index (χ0v) is 12.2. The Labute approximate surface area is 119 Å². The number of hydrogen-bond acceptors (Lipinski definition) is 2. The van der Waals surface area contributed by atoms with Gasteiger partial charge in [-0.2, -0.15) is 0 Å². The Morgan fingerprint density at radius 2 is 2.11 bits per heavy atom. The molecule has 0 bridgehead atoms. The lowest BCUT2D eigenvalue weighted by molar-refractivity contribution is -0.136. The van der Waals surface area contributed by atoms with Crippen LogP contribution in [-0.4, -0.2) is 23.9 Å².